The fourth-order valence-electron chi connectivity index (χ4n) is 1.35. The minimum atomic E-state index is 0.456. The highest BCUT2D eigenvalue weighted by Crippen LogP contribution is 2.19. The zero-order valence-corrected chi connectivity index (χ0v) is 6.55. The molecule has 0 radical (unpaired) electrons. The van der Waals surface area contributed by atoms with Crippen LogP contribution in [0.4, 0.5) is 0 Å². The van der Waals surface area contributed by atoms with Gasteiger partial charge < -0.3 is 4.74 Å². The second kappa shape index (κ2) is 4.31. The van der Waals surface area contributed by atoms with Crippen LogP contribution in [0, 0.1) is 0 Å². The third kappa shape index (κ3) is 2.38. The first-order chi connectivity index (χ1) is 4.93. The first-order valence-corrected chi connectivity index (χ1v) is 3.99. The molecule has 2 nitrogen and oxygen atoms in total. The van der Waals surface area contributed by atoms with E-state index < -0.39 is 0 Å². The average Bonchev–Trinajstić information content (AvgIpc) is 2.03. The van der Waals surface area contributed by atoms with E-state index in [4.69, 9.17) is 4.74 Å². The van der Waals surface area contributed by atoms with Gasteiger partial charge in [-0.25, -0.2) is 0 Å². The van der Waals surface area contributed by atoms with Crippen LogP contribution >= 0.6 is 0 Å². The van der Waals surface area contributed by atoms with E-state index >= 15 is 0 Å². The van der Waals surface area contributed by atoms with Gasteiger partial charge in [0.15, 0.2) is 6.40 Å². The van der Waals surface area contributed by atoms with Gasteiger partial charge in [-0.2, -0.15) is 0 Å². The monoisotopic (exact) mass is 141 g/mol. The number of hydrogen-bond donors (Lipinski definition) is 0. The van der Waals surface area contributed by atoms with Gasteiger partial charge in [-0.05, 0) is 25.7 Å². The molecule has 2 heteroatoms. The van der Waals surface area contributed by atoms with Crippen molar-refractivity contribution in [1.29, 1.82) is 0 Å². The third-order valence-electron chi connectivity index (χ3n) is 1.91. The number of hydrogen-bond acceptors (Lipinski definition) is 2. The van der Waals surface area contributed by atoms with Crippen molar-refractivity contribution in [2.24, 2.45) is 4.99 Å². The molecule has 1 aliphatic rings. The molecule has 0 N–H and O–H groups in total. The molecule has 0 spiro atoms. The lowest BCUT2D eigenvalue weighted by molar-refractivity contribution is 0.151. The van der Waals surface area contributed by atoms with Crippen molar-refractivity contribution in [3.8, 4) is 0 Å². The van der Waals surface area contributed by atoms with Crippen molar-refractivity contribution in [3.05, 3.63) is 0 Å². The topological polar surface area (TPSA) is 21.6 Å². The third-order valence-corrected chi connectivity index (χ3v) is 1.91. The van der Waals surface area contributed by atoms with Crippen molar-refractivity contribution in [2.75, 3.05) is 7.05 Å². The van der Waals surface area contributed by atoms with Crippen LogP contribution in [0.25, 0.3) is 0 Å². The van der Waals surface area contributed by atoms with E-state index in [1.807, 2.05) is 0 Å². The lowest BCUT2D eigenvalue weighted by Crippen LogP contribution is -2.15. The summed E-state index contributed by atoms with van der Waals surface area (Å²) >= 11 is 0. The van der Waals surface area contributed by atoms with Crippen LogP contribution in [0.5, 0.6) is 0 Å². The lowest BCUT2D eigenvalue weighted by atomic mass is 9.98. The van der Waals surface area contributed by atoms with Crippen LogP contribution in [-0.4, -0.2) is 19.6 Å². The molecule has 1 aliphatic carbocycles. The van der Waals surface area contributed by atoms with Crippen LogP contribution < -0.4 is 0 Å². The van der Waals surface area contributed by atoms with E-state index in [9.17, 15) is 0 Å². The van der Waals surface area contributed by atoms with Crippen LogP contribution in [0.1, 0.15) is 32.1 Å². The Morgan fingerprint density at radius 3 is 2.60 bits per heavy atom. The van der Waals surface area contributed by atoms with Crippen molar-refractivity contribution in [3.63, 3.8) is 0 Å². The summed E-state index contributed by atoms with van der Waals surface area (Å²) in [6.07, 6.45) is 8.47. The zero-order valence-electron chi connectivity index (χ0n) is 6.55. The molecule has 0 aliphatic heterocycles. The van der Waals surface area contributed by atoms with Gasteiger partial charge >= 0.3 is 0 Å². The summed E-state index contributed by atoms with van der Waals surface area (Å²) < 4.78 is 5.34. The van der Waals surface area contributed by atoms with E-state index in [0.29, 0.717) is 6.10 Å². The molecule has 0 unspecified atom stereocenters. The Hall–Kier alpha value is -0.530. The number of nitrogens with zero attached hydrogens (tertiary/aromatic N) is 1. The van der Waals surface area contributed by atoms with Crippen LogP contribution in [0.15, 0.2) is 4.99 Å². The number of rotatable bonds is 2. The quantitative estimate of drug-likeness (QED) is 0.425. The highest BCUT2D eigenvalue weighted by Gasteiger charge is 2.12. The van der Waals surface area contributed by atoms with Gasteiger partial charge in [0, 0.05) is 7.05 Å². The molecule has 0 aromatic heterocycles. The molecule has 0 heterocycles. The summed E-state index contributed by atoms with van der Waals surface area (Å²) in [6, 6.07) is 0. The second-order valence-electron chi connectivity index (χ2n) is 2.76. The van der Waals surface area contributed by atoms with Gasteiger partial charge in [0.1, 0.15) is 0 Å². The summed E-state index contributed by atoms with van der Waals surface area (Å²) in [7, 11) is 1.74. The smallest absolute Gasteiger partial charge is 0.169 e. The summed E-state index contributed by atoms with van der Waals surface area (Å²) in [4.78, 5) is 3.78. The highest BCUT2D eigenvalue weighted by atomic mass is 16.5. The maximum absolute atomic E-state index is 5.34. The van der Waals surface area contributed by atoms with Crippen LogP contribution in [0.3, 0.4) is 0 Å². The molecule has 1 saturated carbocycles. The second-order valence-corrected chi connectivity index (χ2v) is 2.76. The largest absolute Gasteiger partial charge is 0.480 e. The van der Waals surface area contributed by atoms with E-state index in [1.54, 1.807) is 13.4 Å². The molecule has 10 heavy (non-hydrogen) atoms. The van der Waals surface area contributed by atoms with E-state index in [-0.39, 0.29) is 0 Å². The van der Waals surface area contributed by atoms with Gasteiger partial charge in [-0.15, -0.1) is 0 Å². The molecular weight excluding hydrogens is 126 g/mol. The Morgan fingerprint density at radius 2 is 2.00 bits per heavy atom. The SMILES string of the molecule is CN=COC1CCCCC1. The lowest BCUT2D eigenvalue weighted by Gasteiger charge is -2.19. The van der Waals surface area contributed by atoms with E-state index in [0.717, 1.165) is 0 Å². The number of aliphatic imine (C=N–C) groups is 1. The van der Waals surface area contributed by atoms with Gasteiger partial charge in [0.25, 0.3) is 0 Å². The van der Waals surface area contributed by atoms with Crippen LogP contribution in [0.2, 0.25) is 0 Å². The maximum atomic E-state index is 5.34. The van der Waals surface area contributed by atoms with Gasteiger partial charge in [0.05, 0.1) is 6.10 Å². The van der Waals surface area contributed by atoms with Crippen molar-refractivity contribution in [2.45, 2.75) is 38.2 Å². The highest BCUT2D eigenvalue weighted by molar-refractivity contribution is 5.46. The molecular formula is C8H15NO. The van der Waals surface area contributed by atoms with E-state index in [1.165, 1.54) is 32.1 Å². The van der Waals surface area contributed by atoms with Crippen molar-refractivity contribution in [1.82, 2.24) is 0 Å². The Labute approximate surface area is 62.3 Å². The first kappa shape index (κ1) is 7.58. The Balaban J connectivity index is 2.13. The van der Waals surface area contributed by atoms with Crippen molar-refractivity contribution >= 4 is 6.40 Å². The van der Waals surface area contributed by atoms with Gasteiger partial charge in [-0.3, -0.25) is 4.99 Å². The molecule has 58 valence electrons. The summed E-state index contributed by atoms with van der Waals surface area (Å²) in [5.74, 6) is 0. The molecule has 1 fully saturated rings. The zero-order chi connectivity index (χ0) is 7.23. The summed E-state index contributed by atoms with van der Waals surface area (Å²) in [5.41, 5.74) is 0. The van der Waals surface area contributed by atoms with Crippen LogP contribution in [-0.2, 0) is 4.74 Å². The standard InChI is InChI=1S/C8H15NO/c1-9-7-10-8-5-3-2-4-6-8/h7-8H,2-6H2,1H3. The molecule has 0 amide bonds. The van der Waals surface area contributed by atoms with Crippen molar-refractivity contribution < 1.29 is 4.74 Å². The molecule has 0 aromatic rings. The molecule has 0 atom stereocenters. The average molecular weight is 141 g/mol. The predicted octanol–water partition coefficient (Wildman–Crippen LogP) is 1.99. The normalized spacial score (nSPS) is 21.7. The molecule has 0 aromatic carbocycles. The molecule has 0 bridgehead atoms. The fraction of sp³-hybridized carbons (Fsp3) is 0.875. The minimum Gasteiger partial charge on any atom is -0.480 e. The Kier molecular flexibility index (Phi) is 3.27. The van der Waals surface area contributed by atoms with Gasteiger partial charge in [-0.1, -0.05) is 6.42 Å². The molecule has 1 rings (SSSR count). The summed E-state index contributed by atoms with van der Waals surface area (Å²) in [5, 5.41) is 0. The fourth-order valence-corrected chi connectivity index (χ4v) is 1.35. The van der Waals surface area contributed by atoms with E-state index in [2.05, 4.69) is 4.99 Å². The molecule has 0 saturated heterocycles. The maximum Gasteiger partial charge on any atom is 0.169 e. The minimum absolute atomic E-state index is 0.456. The summed E-state index contributed by atoms with van der Waals surface area (Å²) in [6.45, 7) is 0. The predicted molar refractivity (Wildman–Crippen MR) is 42.4 cm³/mol. The first-order valence-electron chi connectivity index (χ1n) is 3.99. The Bertz CT molecular complexity index is 106. The Morgan fingerprint density at radius 1 is 1.30 bits per heavy atom. The number of ether oxygens (including phenoxy) is 1. The van der Waals surface area contributed by atoms with Gasteiger partial charge in [0.2, 0.25) is 0 Å².